The largest absolute Gasteiger partial charge is 0.476 e. The maximum Gasteiger partial charge on any atom is 0.459 e. The molecule has 2 aromatic heterocycles. The highest BCUT2D eigenvalue weighted by molar-refractivity contribution is 7.52. The third-order valence-electron chi connectivity index (χ3n) is 6.36. The number of alkyl halides is 1. The Labute approximate surface area is 248 Å². The van der Waals surface area contributed by atoms with Gasteiger partial charge in [-0.3, -0.25) is 13.9 Å². The zero-order valence-corrected chi connectivity index (χ0v) is 25.6. The lowest BCUT2D eigenvalue weighted by molar-refractivity contribution is -0.147. The molecule has 4 N–H and O–H groups in total. The van der Waals surface area contributed by atoms with E-state index >= 15 is 0 Å². The smallest absolute Gasteiger partial charge is 0.459 e. The average molecular weight is 627 g/mol. The van der Waals surface area contributed by atoms with Gasteiger partial charge in [-0.2, -0.15) is 9.97 Å². The molecule has 0 bridgehead atoms. The van der Waals surface area contributed by atoms with E-state index in [2.05, 4.69) is 20.0 Å². The van der Waals surface area contributed by atoms with Crippen molar-refractivity contribution in [2.75, 3.05) is 25.6 Å². The molecule has 0 spiro atoms. The molecule has 16 heteroatoms. The van der Waals surface area contributed by atoms with Crippen LogP contribution in [0.25, 0.3) is 11.2 Å². The summed E-state index contributed by atoms with van der Waals surface area (Å²) in [7, 11) is -4.09. The van der Waals surface area contributed by atoms with Crippen LogP contribution in [0.5, 0.6) is 11.6 Å². The first-order valence-corrected chi connectivity index (χ1v) is 15.4. The molecule has 1 saturated heterocycles. The van der Waals surface area contributed by atoms with Crippen LogP contribution in [0.1, 0.15) is 40.8 Å². The number of nitrogen functional groups attached to an aromatic ring is 1. The fraction of sp³-hybridized carbons (Fsp3) is 0.538. The molecule has 6 atom stereocenters. The molecule has 42 heavy (non-hydrogen) atoms. The number of carbonyl (C=O) groups is 1. The van der Waals surface area contributed by atoms with E-state index in [4.69, 9.17) is 40.6 Å². The summed E-state index contributed by atoms with van der Waals surface area (Å²) < 4.78 is 43.9. The fourth-order valence-electron chi connectivity index (χ4n) is 4.23. The van der Waals surface area contributed by atoms with Crippen LogP contribution in [0.4, 0.5) is 5.95 Å². The molecule has 3 heterocycles. The summed E-state index contributed by atoms with van der Waals surface area (Å²) in [6.07, 6.45) is -1.85. The van der Waals surface area contributed by atoms with Gasteiger partial charge in [0, 0.05) is 6.04 Å². The average Bonchev–Trinajstić information content (AvgIpc) is 3.44. The van der Waals surface area contributed by atoms with Crippen LogP contribution in [-0.4, -0.2) is 73.5 Å². The van der Waals surface area contributed by atoms with Crippen molar-refractivity contribution in [2.45, 2.75) is 64.0 Å². The molecular weight excluding hydrogens is 591 g/mol. The van der Waals surface area contributed by atoms with Crippen molar-refractivity contribution in [2.24, 2.45) is 5.92 Å². The van der Waals surface area contributed by atoms with Crippen LogP contribution in [-0.2, 0) is 23.4 Å². The summed E-state index contributed by atoms with van der Waals surface area (Å²) in [5.74, 6) is -0.279. The quantitative estimate of drug-likeness (QED) is 0.143. The first kappa shape index (κ1) is 31.9. The predicted molar refractivity (Wildman–Crippen MR) is 154 cm³/mol. The van der Waals surface area contributed by atoms with Gasteiger partial charge in [-0.1, -0.05) is 32.0 Å². The van der Waals surface area contributed by atoms with Crippen LogP contribution in [0.3, 0.4) is 0 Å². The SMILES string of the molecule is CCOc1nc(N)nc2c1ncn2[C@@H]1O[C@H](CO[P@](=O)(N[C@H](C)COC(=O)C(C)C)Oc2ccccc2)[C@@H](O)[C@@]1(C)Cl. The molecule has 14 nitrogen and oxygen atoms in total. The number of fused-ring (bicyclic) bond motifs is 1. The number of hydrogen-bond acceptors (Lipinski definition) is 12. The number of benzene rings is 1. The highest BCUT2D eigenvalue weighted by atomic mass is 35.5. The molecule has 0 amide bonds. The molecule has 230 valence electrons. The maximum absolute atomic E-state index is 13.9. The zero-order chi connectivity index (χ0) is 30.7. The van der Waals surface area contributed by atoms with E-state index in [9.17, 15) is 14.5 Å². The minimum atomic E-state index is -4.09. The van der Waals surface area contributed by atoms with Crippen molar-refractivity contribution in [3.8, 4) is 11.6 Å². The standard InChI is InChI=1S/C26H36ClN6O8P/c1-6-37-22-19-21(30-25(28)31-22)33(14-29-19)24-26(5,27)20(34)18(40-24)13-39-42(36,41-17-10-8-7-9-11-17)32-16(4)12-38-23(35)15(2)3/h7-11,14-16,18,20,24,34H,6,12-13H2,1-5H3,(H,32,36)(H2,28,30,31)/t16-,18-,20-,24-,26-,42-/m1/s1. The summed E-state index contributed by atoms with van der Waals surface area (Å²) in [5.41, 5.74) is 6.52. The third kappa shape index (κ3) is 7.13. The molecule has 0 saturated carbocycles. The summed E-state index contributed by atoms with van der Waals surface area (Å²) in [4.78, 5) is 23.2. The number of anilines is 1. The predicted octanol–water partition coefficient (Wildman–Crippen LogP) is 3.44. The molecule has 0 unspecified atom stereocenters. The normalized spacial score (nSPS) is 24.4. The van der Waals surface area contributed by atoms with Gasteiger partial charge in [0.15, 0.2) is 17.4 Å². The van der Waals surface area contributed by atoms with Gasteiger partial charge in [0.1, 0.15) is 29.4 Å². The molecule has 0 aliphatic carbocycles. The number of halogens is 1. The second-order valence-corrected chi connectivity index (χ2v) is 12.8. The highest BCUT2D eigenvalue weighted by Gasteiger charge is 2.54. The van der Waals surface area contributed by atoms with Crippen molar-refractivity contribution in [3.05, 3.63) is 36.7 Å². The van der Waals surface area contributed by atoms with E-state index in [-0.39, 0.29) is 36.7 Å². The second-order valence-electron chi connectivity index (χ2n) is 10.3. The Morgan fingerprint density at radius 3 is 2.67 bits per heavy atom. The van der Waals surface area contributed by atoms with Gasteiger partial charge in [0.2, 0.25) is 11.8 Å². The maximum atomic E-state index is 13.9. The number of aliphatic hydroxyl groups is 1. The van der Waals surface area contributed by atoms with E-state index < -0.39 is 43.1 Å². The van der Waals surface area contributed by atoms with E-state index in [0.29, 0.717) is 17.8 Å². The van der Waals surface area contributed by atoms with Gasteiger partial charge in [-0.15, -0.1) is 11.6 Å². The van der Waals surface area contributed by atoms with Gasteiger partial charge in [-0.05, 0) is 32.9 Å². The lowest BCUT2D eigenvalue weighted by Crippen LogP contribution is -2.40. The number of aliphatic hydroxyl groups excluding tert-OH is 1. The van der Waals surface area contributed by atoms with Crippen LogP contribution in [0.2, 0.25) is 0 Å². The summed E-state index contributed by atoms with van der Waals surface area (Å²) in [6, 6.07) is 7.82. The third-order valence-corrected chi connectivity index (χ3v) is 8.47. The van der Waals surface area contributed by atoms with Crippen molar-refractivity contribution in [3.63, 3.8) is 0 Å². The number of ether oxygens (including phenoxy) is 3. The number of carbonyl (C=O) groups excluding carboxylic acids is 1. The van der Waals surface area contributed by atoms with Crippen LogP contribution >= 0.6 is 19.3 Å². The topological polar surface area (TPSA) is 182 Å². The number of para-hydroxylation sites is 1. The monoisotopic (exact) mass is 626 g/mol. The zero-order valence-electron chi connectivity index (χ0n) is 24.0. The number of nitrogens with two attached hydrogens (primary N) is 1. The van der Waals surface area contributed by atoms with Gasteiger partial charge >= 0.3 is 13.7 Å². The fourth-order valence-corrected chi connectivity index (χ4v) is 6.06. The van der Waals surface area contributed by atoms with E-state index in [1.807, 2.05) is 0 Å². The van der Waals surface area contributed by atoms with Gasteiger partial charge in [-0.25, -0.2) is 14.6 Å². The number of imidazole rings is 1. The number of esters is 1. The minimum absolute atomic E-state index is 0.0410. The Morgan fingerprint density at radius 1 is 1.29 bits per heavy atom. The molecule has 1 aliphatic rings. The van der Waals surface area contributed by atoms with Crippen LogP contribution in [0.15, 0.2) is 36.7 Å². The van der Waals surface area contributed by atoms with Gasteiger partial charge in [0.05, 0.1) is 25.5 Å². The van der Waals surface area contributed by atoms with E-state index in [0.717, 1.165) is 0 Å². The van der Waals surface area contributed by atoms with Crippen molar-refractivity contribution in [1.82, 2.24) is 24.6 Å². The summed E-state index contributed by atoms with van der Waals surface area (Å²) >= 11 is 6.82. The molecule has 3 aromatic rings. The Bertz CT molecular complexity index is 1420. The number of nitrogens with one attached hydrogen (secondary N) is 1. The summed E-state index contributed by atoms with van der Waals surface area (Å²) in [6.45, 7) is 8.37. The minimum Gasteiger partial charge on any atom is -0.476 e. The Kier molecular flexibility index (Phi) is 9.96. The number of nitrogens with zero attached hydrogens (tertiary/aromatic N) is 4. The van der Waals surface area contributed by atoms with Crippen LogP contribution < -0.4 is 20.1 Å². The number of hydrogen-bond donors (Lipinski definition) is 3. The molecule has 1 fully saturated rings. The molecular formula is C26H36ClN6O8P. The van der Waals surface area contributed by atoms with E-state index in [1.165, 1.54) is 10.9 Å². The van der Waals surface area contributed by atoms with E-state index in [1.54, 1.807) is 65.0 Å². The summed E-state index contributed by atoms with van der Waals surface area (Å²) in [5, 5.41) is 13.9. The van der Waals surface area contributed by atoms with Gasteiger partial charge < -0.3 is 29.6 Å². The Hall–Kier alpha value is -3.00. The van der Waals surface area contributed by atoms with Crippen LogP contribution in [0, 0.1) is 5.92 Å². The molecule has 4 rings (SSSR count). The molecule has 1 aromatic carbocycles. The number of rotatable bonds is 13. The first-order chi connectivity index (χ1) is 19.8. The molecule has 1 aliphatic heterocycles. The Balaban J connectivity index is 1.53. The Morgan fingerprint density at radius 2 is 2.00 bits per heavy atom. The van der Waals surface area contributed by atoms with Crippen molar-refractivity contribution in [1.29, 1.82) is 0 Å². The second kappa shape index (κ2) is 13.1. The van der Waals surface area contributed by atoms with Gasteiger partial charge in [0.25, 0.3) is 0 Å². The highest BCUT2D eigenvalue weighted by Crippen LogP contribution is 2.48. The lowest BCUT2D eigenvalue weighted by atomic mass is 10.0. The number of aromatic nitrogens is 4. The lowest BCUT2D eigenvalue weighted by Gasteiger charge is -2.26. The van der Waals surface area contributed by atoms with Crippen molar-refractivity contribution < 1.29 is 37.7 Å². The van der Waals surface area contributed by atoms with Crippen molar-refractivity contribution >= 4 is 42.4 Å². The molecule has 0 radical (unpaired) electrons. The first-order valence-electron chi connectivity index (χ1n) is 13.4.